The Morgan fingerprint density at radius 1 is 1.38 bits per heavy atom. The quantitative estimate of drug-likeness (QED) is 0.831. The van der Waals surface area contributed by atoms with E-state index in [9.17, 15) is 4.39 Å². The average Bonchev–Trinajstić information content (AvgIpc) is 2.20. The van der Waals surface area contributed by atoms with Crippen LogP contribution in [0.25, 0.3) is 0 Å². The van der Waals surface area contributed by atoms with Crippen molar-refractivity contribution >= 4 is 0 Å². The van der Waals surface area contributed by atoms with Crippen molar-refractivity contribution < 1.29 is 9.13 Å². The van der Waals surface area contributed by atoms with Gasteiger partial charge in [-0.1, -0.05) is 12.1 Å². The number of aryl methyl sites for hydroxylation is 1. The lowest BCUT2D eigenvalue weighted by Crippen LogP contribution is -2.42. The molecule has 90 valence electrons. The standard InChI is InChI=1S/C13H20FNO/c1-10-7-11(5-6-12(10)14)8-15-13(2,3)9-16-4/h5-7,15H,8-9H2,1-4H3. The zero-order chi connectivity index (χ0) is 12.2. The van der Waals surface area contributed by atoms with Crippen molar-refractivity contribution in [3.05, 3.63) is 35.1 Å². The third-order valence-electron chi connectivity index (χ3n) is 2.50. The summed E-state index contributed by atoms with van der Waals surface area (Å²) in [6, 6.07) is 5.18. The molecule has 0 fully saturated rings. The van der Waals surface area contributed by atoms with Crippen LogP contribution in [0.15, 0.2) is 18.2 Å². The molecule has 0 aliphatic heterocycles. The smallest absolute Gasteiger partial charge is 0.126 e. The first-order chi connectivity index (χ1) is 7.44. The minimum absolute atomic E-state index is 0.0724. The van der Waals surface area contributed by atoms with Crippen molar-refractivity contribution in [1.29, 1.82) is 0 Å². The monoisotopic (exact) mass is 225 g/mol. The number of benzene rings is 1. The lowest BCUT2D eigenvalue weighted by molar-refractivity contribution is 0.127. The lowest BCUT2D eigenvalue weighted by atomic mass is 10.1. The highest BCUT2D eigenvalue weighted by molar-refractivity contribution is 5.23. The van der Waals surface area contributed by atoms with E-state index in [0.717, 1.165) is 12.1 Å². The molecule has 0 radical (unpaired) electrons. The molecular weight excluding hydrogens is 205 g/mol. The zero-order valence-electron chi connectivity index (χ0n) is 10.4. The highest BCUT2D eigenvalue weighted by atomic mass is 19.1. The predicted molar refractivity (Wildman–Crippen MR) is 63.9 cm³/mol. The summed E-state index contributed by atoms with van der Waals surface area (Å²) in [4.78, 5) is 0. The van der Waals surface area contributed by atoms with Gasteiger partial charge in [-0.25, -0.2) is 4.39 Å². The van der Waals surface area contributed by atoms with Gasteiger partial charge in [-0.3, -0.25) is 0 Å². The van der Waals surface area contributed by atoms with E-state index in [4.69, 9.17) is 4.74 Å². The van der Waals surface area contributed by atoms with Gasteiger partial charge in [0, 0.05) is 19.2 Å². The van der Waals surface area contributed by atoms with E-state index in [2.05, 4.69) is 19.2 Å². The van der Waals surface area contributed by atoms with E-state index >= 15 is 0 Å². The van der Waals surface area contributed by atoms with E-state index in [0.29, 0.717) is 12.2 Å². The number of hydrogen-bond donors (Lipinski definition) is 1. The van der Waals surface area contributed by atoms with E-state index in [1.54, 1.807) is 20.1 Å². The summed E-state index contributed by atoms with van der Waals surface area (Å²) in [7, 11) is 1.69. The van der Waals surface area contributed by atoms with Crippen LogP contribution in [0.1, 0.15) is 25.0 Å². The fraction of sp³-hybridized carbons (Fsp3) is 0.538. The van der Waals surface area contributed by atoms with Gasteiger partial charge in [0.05, 0.1) is 6.61 Å². The fourth-order valence-electron chi connectivity index (χ4n) is 1.57. The maximum atomic E-state index is 13.1. The molecule has 0 atom stereocenters. The van der Waals surface area contributed by atoms with Gasteiger partial charge in [-0.15, -0.1) is 0 Å². The molecule has 0 aliphatic rings. The van der Waals surface area contributed by atoms with Crippen molar-refractivity contribution in [3.63, 3.8) is 0 Å². The molecule has 1 aromatic carbocycles. The number of ether oxygens (including phenoxy) is 1. The van der Waals surface area contributed by atoms with Crippen LogP contribution in [0, 0.1) is 12.7 Å². The third kappa shape index (κ3) is 3.91. The van der Waals surface area contributed by atoms with Gasteiger partial charge < -0.3 is 10.1 Å². The molecule has 0 aliphatic carbocycles. The summed E-state index contributed by atoms with van der Waals surface area (Å²) in [5, 5.41) is 3.38. The van der Waals surface area contributed by atoms with Gasteiger partial charge in [0.1, 0.15) is 5.82 Å². The van der Waals surface area contributed by atoms with E-state index in [1.807, 2.05) is 6.07 Å². The van der Waals surface area contributed by atoms with Gasteiger partial charge in [0.25, 0.3) is 0 Å². The first-order valence-electron chi connectivity index (χ1n) is 5.43. The molecule has 3 heteroatoms. The summed E-state index contributed by atoms with van der Waals surface area (Å²) in [6.45, 7) is 7.30. The SMILES string of the molecule is COCC(C)(C)NCc1ccc(F)c(C)c1. The summed E-state index contributed by atoms with van der Waals surface area (Å²) in [5.41, 5.74) is 1.70. The van der Waals surface area contributed by atoms with Gasteiger partial charge >= 0.3 is 0 Å². The van der Waals surface area contributed by atoms with Gasteiger partial charge in [-0.05, 0) is 38.0 Å². The minimum Gasteiger partial charge on any atom is -0.383 e. The molecular formula is C13H20FNO. The maximum absolute atomic E-state index is 13.1. The van der Waals surface area contributed by atoms with Crippen molar-refractivity contribution in [1.82, 2.24) is 5.32 Å². The predicted octanol–water partition coefficient (Wildman–Crippen LogP) is 2.65. The van der Waals surface area contributed by atoms with E-state index < -0.39 is 0 Å². The van der Waals surface area contributed by atoms with Crippen LogP contribution in [0.5, 0.6) is 0 Å². The zero-order valence-corrected chi connectivity index (χ0v) is 10.4. The molecule has 1 N–H and O–H groups in total. The summed E-state index contributed by atoms with van der Waals surface area (Å²) in [6.07, 6.45) is 0. The molecule has 0 bridgehead atoms. The van der Waals surface area contributed by atoms with Gasteiger partial charge in [0.15, 0.2) is 0 Å². The molecule has 0 saturated heterocycles. The summed E-state index contributed by atoms with van der Waals surface area (Å²) in [5.74, 6) is -0.153. The normalized spacial score (nSPS) is 11.8. The first-order valence-corrected chi connectivity index (χ1v) is 5.43. The Kier molecular flexibility index (Phi) is 4.44. The summed E-state index contributed by atoms with van der Waals surface area (Å²) < 4.78 is 18.2. The largest absolute Gasteiger partial charge is 0.383 e. The van der Waals surface area contributed by atoms with Crippen molar-refractivity contribution in [3.8, 4) is 0 Å². The number of hydrogen-bond acceptors (Lipinski definition) is 2. The average molecular weight is 225 g/mol. The van der Waals surface area contributed by atoms with Crippen LogP contribution < -0.4 is 5.32 Å². The Morgan fingerprint density at radius 3 is 2.62 bits per heavy atom. The maximum Gasteiger partial charge on any atom is 0.126 e. The Labute approximate surface area is 96.8 Å². The van der Waals surface area contributed by atoms with Crippen LogP contribution in [0.2, 0.25) is 0 Å². The second-order valence-corrected chi connectivity index (χ2v) is 4.75. The lowest BCUT2D eigenvalue weighted by Gasteiger charge is -2.25. The molecule has 0 aromatic heterocycles. The van der Waals surface area contributed by atoms with E-state index in [1.165, 1.54) is 6.07 Å². The topological polar surface area (TPSA) is 21.3 Å². The second kappa shape index (κ2) is 5.41. The Hall–Kier alpha value is -0.930. The third-order valence-corrected chi connectivity index (χ3v) is 2.50. The molecule has 16 heavy (non-hydrogen) atoms. The first kappa shape index (κ1) is 13.1. The number of rotatable bonds is 5. The second-order valence-electron chi connectivity index (χ2n) is 4.75. The molecule has 1 rings (SSSR count). The molecule has 0 unspecified atom stereocenters. The molecule has 0 amide bonds. The number of methoxy groups -OCH3 is 1. The highest BCUT2D eigenvalue weighted by Gasteiger charge is 2.16. The van der Waals surface area contributed by atoms with E-state index in [-0.39, 0.29) is 11.4 Å². The molecule has 0 spiro atoms. The van der Waals surface area contributed by atoms with Crippen LogP contribution in [0.3, 0.4) is 0 Å². The Bertz CT molecular complexity index is 350. The van der Waals surface area contributed by atoms with Gasteiger partial charge in [0.2, 0.25) is 0 Å². The molecule has 2 nitrogen and oxygen atoms in total. The molecule has 0 heterocycles. The Balaban J connectivity index is 2.57. The van der Waals surface area contributed by atoms with Crippen LogP contribution in [-0.2, 0) is 11.3 Å². The number of halogens is 1. The van der Waals surface area contributed by atoms with Crippen LogP contribution in [0.4, 0.5) is 4.39 Å². The minimum atomic E-state index is -0.153. The van der Waals surface area contributed by atoms with Crippen molar-refractivity contribution in [2.75, 3.05) is 13.7 Å². The highest BCUT2D eigenvalue weighted by Crippen LogP contribution is 2.11. The van der Waals surface area contributed by atoms with Crippen LogP contribution in [-0.4, -0.2) is 19.3 Å². The van der Waals surface area contributed by atoms with Crippen molar-refractivity contribution in [2.45, 2.75) is 32.9 Å². The Morgan fingerprint density at radius 2 is 2.06 bits per heavy atom. The van der Waals surface area contributed by atoms with Crippen LogP contribution >= 0.6 is 0 Å². The number of nitrogens with one attached hydrogen (secondary N) is 1. The molecule has 0 saturated carbocycles. The summed E-state index contributed by atoms with van der Waals surface area (Å²) >= 11 is 0. The van der Waals surface area contributed by atoms with Gasteiger partial charge in [-0.2, -0.15) is 0 Å². The molecule has 1 aromatic rings. The fourth-order valence-corrected chi connectivity index (χ4v) is 1.57. The van der Waals surface area contributed by atoms with Crippen molar-refractivity contribution in [2.24, 2.45) is 0 Å².